The lowest BCUT2D eigenvalue weighted by Gasteiger charge is -2.32. The highest BCUT2D eigenvalue weighted by Gasteiger charge is 2.29. The summed E-state index contributed by atoms with van der Waals surface area (Å²) in [6.45, 7) is 11.3. The van der Waals surface area contributed by atoms with Gasteiger partial charge in [-0.2, -0.15) is 0 Å². The molecule has 3 rings (SSSR count). The lowest BCUT2D eigenvalue weighted by molar-refractivity contribution is 0.0183. The van der Waals surface area contributed by atoms with Gasteiger partial charge in [0.25, 0.3) is 0 Å². The van der Waals surface area contributed by atoms with Crippen molar-refractivity contribution in [3.8, 4) is 0 Å². The van der Waals surface area contributed by atoms with Gasteiger partial charge in [-0.3, -0.25) is 9.80 Å². The van der Waals surface area contributed by atoms with Crippen LogP contribution in [0, 0.1) is 0 Å². The van der Waals surface area contributed by atoms with E-state index in [0.29, 0.717) is 6.04 Å². The first-order valence-corrected chi connectivity index (χ1v) is 8.17. The van der Waals surface area contributed by atoms with Crippen LogP contribution in [-0.2, 0) is 17.8 Å². The first-order valence-electron chi connectivity index (χ1n) is 8.17. The number of likely N-dealkylation sites (tertiary alicyclic amines) is 1. The fourth-order valence-corrected chi connectivity index (χ4v) is 3.34. The van der Waals surface area contributed by atoms with E-state index in [-0.39, 0.29) is 0 Å². The standard InChI is InChI=1S/C16H27N3O2/c1-2-17-11-16-14(4-8-21-16)12-18-5-3-15(13-18)19-6-9-20-10-7-19/h4,8,15,17H,2-3,5-7,9-13H2,1H3. The maximum absolute atomic E-state index is 5.60. The van der Waals surface area contributed by atoms with Gasteiger partial charge in [0.1, 0.15) is 5.76 Å². The van der Waals surface area contributed by atoms with E-state index in [9.17, 15) is 0 Å². The van der Waals surface area contributed by atoms with Crippen LogP contribution in [0.15, 0.2) is 16.7 Å². The van der Waals surface area contributed by atoms with Crippen molar-refractivity contribution in [1.29, 1.82) is 0 Å². The van der Waals surface area contributed by atoms with Crippen molar-refractivity contribution < 1.29 is 9.15 Å². The van der Waals surface area contributed by atoms with Crippen molar-refractivity contribution in [3.63, 3.8) is 0 Å². The highest BCUT2D eigenvalue weighted by Crippen LogP contribution is 2.21. The first-order chi connectivity index (χ1) is 10.4. The molecular weight excluding hydrogens is 266 g/mol. The Morgan fingerprint density at radius 3 is 2.95 bits per heavy atom. The monoisotopic (exact) mass is 293 g/mol. The highest BCUT2D eigenvalue weighted by atomic mass is 16.5. The number of rotatable bonds is 6. The SMILES string of the molecule is CCNCc1occc1CN1CCC(N2CCOCC2)C1. The van der Waals surface area contributed by atoms with Gasteiger partial charge in [-0.05, 0) is 19.0 Å². The molecule has 2 fully saturated rings. The summed E-state index contributed by atoms with van der Waals surface area (Å²) >= 11 is 0. The molecule has 5 nitrogen and oxygen atoms in total. The van der Waals surface area contributed by atoms with E-state index in [2.05, 4.69) is 28.1 Å². The van der Waals surface area contributed by atoms with Crippen LogP contribution in [0.3, 0.4) is 0 Å². The summed E-state index contributed by atoms with van der Waals surface area (Å²) in [5.74, 6) is 1.09. The molecule has 0 amide bonds. The third-order valence-electron chi connectivity index (χ3n) is 4.58. The molecule has 1 atom stereocenters. The normalized spacial score (nSPS) is 24.7. The van der Waals surface area contributed by atoms with Gasteiger partial charge in [0.15, 0.2) is 0 Å². The summed E-state index contributed by atoms with van der Waals surface area (Å²) in [5, 5.41) is 3.34. The van der Waals surface area contributed by atoms with Gasteiger partial charge in [-0.1, -0.05) is 6.92 Å². The molecule has 118 valence electrons. The van der Waals surface area contributed by atoms with Gasteiger partial charge < -0.3 is 14.5 Å². The topological polar surface area (TPSA) is 40.9 Å². The summed E-state index contributed by atoms with van der Waals surface area (Å²) in [7, 11) is 0. The van der Waals surface area contributed by atoms with Crippen molar-refractivity contribution in [3.05, 3.63) is 23.7 Å². The maximum Gasteiger partial charge on any atom is 0.122 e. The molecule has 2 aliphatic heterocycles. The lowest BCUT2D eigenvalue weighted by atomic mass is 10.2. The second kappa shape index (κ2) is 7.40. The second-order valence-corrected chi connectivity index (χ2v) is 5.98. The van der Waals surface area contributed by atoms with Gasteiger partial charge in [0, 0.05) is 44.3 Å². The lowest BCUT2D eigenvalue weighted by Crippen LogP contribution is -2.44. The molecule has 21 heavy (non-hydrogen) atoms. The quantitative estimate of drug-likeness (QED) is 0.856. The number of morpholine rings is 1. The zero-order valence-electron chi connectivity index (χ0n) is 13.0. The summed E-state index contributed by atoms with van der Waals surface area (Å²) in [6.07, 6.45) is 3.10. The Hall–Kier alpha value is -0.880. The van der Waals surface area contributed by atoms with E-state index >= 15 is 0 Å². The summed E-state index contributed by atoms with van der Waals surface area (Å²) in [6, 6.07) is 2.83. The van der Waals surface area contributed by atoms with Crippen LogP contribution >= 0.6 is 0 Å². The molecule has 0 radical (unpaired) electrons. The van der Waals surface area contributed by atoms with Crippen LogP contribution in [0.5, 0.6) is 0 Å². The zero-order valence-corrected chi connectivity index (χ0v) is 13.0. The zero-order chi connectivity index (χ0) is 14.5. The Labute approximate surface area is 127 Å². The molecule has 1 aromatic rings. The van der Waals surface area contributed by atoms with Crippen LogP contribution in [0.25, 0.3) is 0 Å². The molecule has 2 aliphatic rings. The van der Waals surface area contributed by atoms with E-state index in [1.807, 2.05) is 6.26 Å². The molecule has 1 aromatic heterocycles. The van der Waals surface area contributed by atoms with E-state index in [1.165, 1.54) is 25.1 Å². The summed E-state index contributed by atoms with van der Waals surface area (Å²) in [4.78, 5) is 5.15. The van der Waals surface area contributed by atoms with Crippen LogP contribution in [0.4, 0.5) is 0 Å². The molecule has 2 saturated heterocycles. The van der Waals surface area contributed by atoms with Crippen molar-refractivity contribution in [2.45, 2.75) is 32.5 Å². The highest BCUT2D eigenvalue weighted by molar-refractivity contribution is 5.17. The number of nitrogens with one attached hydrogen (secondary N) is 1. The third-order valence-corrected chi connectivity index (χ3v) is 4.58. The average molecular weight is 293 g/mol. The molecule has 1 unspecified atom stereocenters. The van der Waals surface area contributed by atoms with Crippen LogP contribution in [0.1, 0.15) is 24.7 Å². The van der Waals surface area contributed by atoms with Gasteiger partial charge in [0.05, 0.1) is 26.0 Å². The Morgan fingerprint density at radius 1 is 1.29 bits per heavy atom. The maximum atomic E-state index is 5.60. The van der Waals surface area contributed by atoms with Gasteiger partial charge >= 0.3 is 0 Å². The smallest absolute Gasteiger partial charge is 0.122 e. The minimum atomic E-state index is 0.706. The Kier molecular flexibility index (Phi) is 5.30. The van der Waals surface area contributed by atoms with E-state index in [1.54, 1.807) is 0 Å². The van der Waals surface area contributed by atoms with Crippen LogP contribution in [0.2, 0.25) is 0 Å². The van der Waals surface area contributed by atoms with E-state index < -0.39 is 0 Å². The summed E-state index contributed by atoms with van der Waals surface area (Å²) < 4.78 is 11.1. The van der Waals surface area contributed by atoms with E-state index in [0.717, 1.165) is 51.7 Å². The molecule has 0 aliphatic carbocycles. The Morgan fingerprint density at radius 2 is 2.14 bits per heavy atom. The molecule has 0 aromatic carbocycles. The molecule has 5 heteroatoms. The van der Waals surface area contributed by atoms with Gasteiger partial charge in [0.2, 0.25) is 0 Å². The number of hydrogen-bond donors (Lipinski definition) is 1. The fraction of sp³-hybridized carbons (Fsp3) is 0.750. The van der Waals surface area contributed by atoms with Crippen molar-refractivity contribution in [2.75, 3.05) is 45.9 Å². The first kappa shape index (κ1) is 15.0. The molecular formula is C16H27N3O2. The Bertz CT molecular complexity index is 429. The van der Waals surface area contributed by atoms with Crippen molar-refractivity contribution >= 4 is 0 Å². The average Bonchev–Trinajstić information content (AvgIpc) is 3.16. The van der Waals surface area contributed by atoms with Crippen molar-refractivity contribution in [1.82, 2.24) is 15.1 Å². The largest absolute Gasteiger partial charge is 0.468 e. The number of furan rings is 1. The second-order valence-electron chi connectivity index (χ2n) is 5.98. The number of nitrogens with zero attached hydrogens (tertiary/aromatic N) is 2. The molecule has 1 N–H and O–H groups in total. The fourth-order valence-electron chi connectivity index (χ4n) is 3.34. The minimum Gasteiger partial charge on any atom is -0.468 e. The predicted octanol–water partition coefficient (Wildman–Crippen LogP) is 1.30. The summed E-state index contributed by atoms with van der Waals surface area (Å²) in [5.41, 5.74) is 1.33. The number of ether oxygens (including phenoxy) is 1. The van der Waals surface area contributed by atoms with Crippen LogP contribution in [-0.4, -0.2) is 61.8 Å². The minimum absolute atomic E-state index is 0.706. The molecule has 3 heterocycles. The Balaban J connectivity index is 1.51. The molecule has 0 bridgehead atoms. The van der Waals surface area contributed by atoms with Crippen molar-refractivity contribution in [2.24, 2.45) is 0 Å². The number of hydrogen-bond acceptors (Lipinski definition) is 5. The molecule has 0 saturated carbocycles. The third kappa shape index (κ3) is 3.86. The van der Waals surface area contributed by atoms with E-state index in [4.69, 9.17) is 9.15 Å². The molecule has 0 spiro atoms. The van der Waals surface area contributed by atoms with Gasteiger partial charge in [-0.25, -0.2) is 0 Å². The predicted molar refractivity (Wildman–Crippen MR) is 82.2 cm³/mol. The van der Waals surface area contributed by atoms with Gasteiger partial charge in [-0.15, -0.1) is 0 Å². The van der Waals surface area contributed by atoms with Crippen LogP contribution < -0.4 is 5.32 Å².